The van der Waals surface area contributed by atoms with Gasteiger partial charge in [-0.25, -0.2) is 14.5 Å². The molecule has 6 rings (SSSR count). The number of carbonyl (C=O) groups excluding carboxylic acids is 1. The summed E-state index contributed by atoms with van der Waals surface area (Å²) in [6.07, 6.45) is 3.03. The van der Waals surface area contributed by atoms with E-state index in [1.807, 2.05) is 36.4 Å². The van der Waals surface area contributed by atoms with E-state index in [0.717, 1.165) is 5.56 Å². The lowest BCUT2D eigenvalue weighted by Crippen LogP contribution is -2.81. The van der Waals surface area contributed by atoms with Gasteiger partial charge in [0.2, 0.25) is 5.60 Å². The molecule has 0 amide bonds. The fraction of sp³-hybridized carbons (Fsp3) is 0.393. The Labute approximate surface area is 270 Å². The number of nitrogens with zero attached hydrogens (tertiary/aromatic N) is 5. The van der Waals surface area contributed by atoms with Gasteiger partial charge in [0.1, 0.15) is 27.4 Å². The molecule has 2 unspecified atom stereocenters. The van der Waals surface area contributed by atoms with Crippen molar-refractivity contribution in [3.05, 3.63) is 82.7 Å². The second-order valence-electron chi connectivity index (χ2n) is 9.75. The Balaban J connectivity index is 1.68. The second kappa shape index (κ2) is 12.2. The van der Waals surface area contributed by atoms with Gasteiger partial charge in [0.15, 0.2) is 16.3 Å². The maximum absolute atomic E-state index is 14.4. The van der Waals surface area contributed by atoms with Gasteiger partial charge in [-0.3, -0.25) is 4.98 Å². The number of benzene rings is 1. The average molecular weight is 709 g/mol. The molecule has 11 nitrogen and oxygen atoms in total. The zero-order chi connectivity index (χ0) is 30.2. The summed E-state index contributed by atoms with van der Waals surface area (Å²) >= 11 is 16.1. The van der Waals surface area contributed by atoms with Crippen LogP contribution >= 0.6 is 51.5 Å². The summed E-state index contributed by atoms with van der Waals surface area (Å²) in [6, 6.07) is 13.0. The average Bonchev–Trinajstić information content (AvgIpc) is 3.68. The molecule has 226 valence electrons. The Hall–Kier alpha value is -2.43. The minimum Gasteiger partial charge on any atom is -0.464 e. The summed E-state index contributed by atoms with van der Waals surface area (Å²) in [5.74, 6) is -0.726. The number of thiol groups is 1. The topological polar surface area (TPSA) is 120 Å². The van der Waals surface area contributed by atoms with E-state index in [1.165, 1.54) is 11.3 Å². The number of thiazole rings is 1. The van der Waals surface area contributed by atoms with Gasteiger partial charge in [-0.1, -0.05) is 53.2 Å². The lowest BCUT2D eigenvalue weighted by Gasteiger charge is -2.62. The molecule has 0 radical (unpaired) electrons. The van der Waals surface area contributed by atoms with Crippen LogP contribution in [0.4, 0.5) is 0 Å². The molecule has 4 aromatic rings. The normalized spacial score (nSPS) is 30.5. The first-order valence-corrected chi connectivity index (χ1v) is 16.0. The summed E-state index contributed by atoms with van der Waals surface area (Å²) in [5.41, 5.74) is -3.18. The molecule has 0 bridgehead atoms. The summed E-state index contributed by atoms with van der Waals surface area (Å²) < 4.78 is 31.9. The zero-order valence-corrected chi connectivity index (χ0v) is 27.1. The van der Waals surface area contributed by atoms with Gasteiger partial charge < -0.3 is 23.7 Å². The molecule has 2 aliphatic heterocycles. The number of pyridine rings is 1. The van der Waals surface area contributed by atoms with Crippen molar-refractivity contribution in [2.45, 2.75) is 47.3 Å². The summed E-state index contributed by atoms with van der Waals surface area (Å²) in [5, 5.41) is 11.6. The molecule has 0 saturated carbocycles. The Morgan fingerprint density at radius 3 is 2.72 bits per heavy atom. The fourth-order valence-electron chi connectivity index (χ4n) is 5.72. The largest absolute Gasteiger partial charge is 0.464 e. The van der Waals surface area contributed by atoms with E-state index < -0.39 is 39.4 Å². The number of alkyl halides is 1. The molecule has 2 saturated heterocycles. The van der Waals surface area contributed by atoms with E-state index in [1.54, 1.807) is 48.6 Å². The van der Waals surface area contributed by atoms with Gasteiger partial charge >= 0.3 is 5.97 Å². The number of halogens is 2. The third-order valence-electron chi connectivity index (χ3n) is 7.36. The minimum absolute atomic E-state index is 0.0188. The van der Waals surface area contributed by atoms with Gasteiger partial charge in [0.05, 0.1) is 19.4 Å². The molecule has 2 fully saturated rings. The van der Waals surface area contributed by atoms with E-state index >= 15 is 0 Å². The number of rotatable bonds is 8. The molecule has 0 aliphatic carbocycles. The standard InChI is InChI=1S/C28H27BrClN5O6S2/c1-3-37-24(36)28(39-4-2)25(42)41-26(29)16-38-22(17-9-6-5-7-10-17)40-23(26)27(28,18-11-8-12-31-13-18)35-14-19(33-34-35)21-32-20(30)15-43-21/h5-15,22-23,25,42H,3-4,16H2,1-2H3/t22?,23-,25+,26-,27?,28-/m0/s1. The lowest BCUT2D eigenvalue weighted by molar-refractivity contribution is -0.351. The highest BCUT2D eigenvalue weighted by molar-refractivity contribution is 9.10. The monoisotopic (exact) mass is 707 g/mol. The van der Waals surface area contributed by atoms with E-state index in [-0.39, 0.29) is 19.8 Å². The van der Waals surface area contributed by atoms with Gasteiger partial charge in [-0.2, -0.15) is 0 Å². The van der Waals surface area contributed by atoms with Crippen LogP contribution in [0.15, 0.2) is 66.4 Å². The van der Waals surface area contributed by atoms with Crippen molar-refractivity contribution in [1.82, 2.24) is 25.0 Å². The van der Waals surface area contributed by atoms with Crippen LogP contribution in [-0.2, 0) is 34.0 Å². The molecule has 2 aliphatic rings. The number of fused-ring (bicyclic) bond motifs is 1. The van der Waals surface area contributed by atoms with Crippen LogP contribution in [0.3, 0.4) is 0 Å². The first-order chi connectivity index (χ1) is 20.8. The van der Waals surface area contributed by atoms with Crippen LogP contribution in [0.1, 0.15) is 31.3 Å². The molecule has 6 atom stereocenters. The van der Waals surface area contributed by atoms with Crippen LogP contribution < -0.4 is 0 Å². The van der Waals surface area contributed by atoms with Gasteiger partial charge in [-0.15, -0.1) is 29.1 Å². The minimum atomic E-state index is -1.98. The predicted molar refractivity (Wildman–Crippen MR) is 164 cm³/mol. The van der Waals surface area contributed by atoms with Crippen molar-refractivity contribution in [3.63, 3.8) is 0 Å². The number of esters is 1. The molecule has 0 spiro atoms. The van der Waals surface area contributed by atoms with E-state index in [9.17, 15) is 4.79 Å². The van der Waals surface area contributed by atoms with Crippen LogP contribution in [0.25, 0.3) is 10.7 Å². The lowest BCUT2D eigenvalue weighted by atomic mass is 9.67. The number of hydrogen-bond acceptors (Lipinski definition) is 12. The number of ether oxygens (including phenoxy) is 5. The Kier molecular flexibility index (Phi) is 8.65. The molecule has 3 aromatic heterocycles. The zero-order valence-electron chi connectivity index (χ0n) is 23.0. The van der Waals surface area contributed by atoms with Crippen LogP contribution in [0.2, 0.25) is 5.15 Å². The third kappa shape index (κ3) is 4.92. The molecule has 0 N–H and O–H groups in total. The molecular formula is C28H27BrClN5O6S2. The van der Waals surface area contributed by atoms with Gasteiger partial charge in [-0.05, 0) is 35.8 Å². The first-order valence-electron chi connectivity index (χ1n) is 13.4. The Morgan fingerprint density at radius 2 is 2.05 bits per heavy atom. The van der Waals surface area contributed by atoms with Crippen molar-refractivity contribution in [1.29, 1.82) is 0 Å². The quantitative estimate of drug-likeness (QED) is 0.152. The molecular weight excluding hydrogens is 682 g/mol. The SMILES string of the molecule is CCOC(=O)[C@]1(OCC)[C@@H](S)O[C@@]2(Br)COC(c3ccccc3)O[C@@H]2C1(c1cccnc1)n1cc(-c2nc(Cl)cs2)nn1. The maximum Gasteiger partial charge on any atom is 0.345 e. The third-order valence-corrected chi connectivity index (χ3v) is 9.85. The number of carbonyl (C=O) groups is 1. The van der Waals surface area contributed by atoms with E-state index in [0.29, 0.717) is 21.4 Å². The van der Waals surface area contributed by atoms with E-state index in [2.05, 4.69) is 36.2 Å². The maximum atomic E-state index is 14.4. The first kappa shape index (κ1) is 30.6. The second-order valence-corrected chi connectivity index (χ2v) is 12.8. The van der Waals surface area contributed by atoms with E-state index in [4.69, 9.17) is 47.9 Å². The fourth-order valence-corrected chi connectivity index (χ4v) is 8.08. The molecule has 43 heavy (non-hydrogen) atoms. The van der Waals surface area contributed by atoms with Crippen molar-refractivity contribution in [2.75, 3.05) is 19.8 Å². The summed E-state index contributed by atoms with van der Waals surface area (Å²) in [7, 11) is 0. The van der Waals surface area contributed by atoms with Crippen LogP contribution in [0.5, 0.6) is 0 Å². The van der Waals surface area contributed by atoms with Crippen LogP contribution in [0, 0.1) is 0 Å². The number of aromatic nitrogens is 5. The molecule has 5 heterocycles. The highest BCUT2D eigenvalue weighted by Crippen LogP contribution is 2.59. The summed E-state index contributed by atoms with van der Waals surface area (Å²) in [4.78, 5) is 23.2. The smallest absolute Gasteiger partial charge is 0.345 e. The van der Waals surface area contributed by atoms with Gasteiger partial charge in [0, 0.05) is 35.5 Å². The van der Waals surface area contributed by atoms with Crippen molar-refractivity contribution < 1.29 is 28.5 Å². The number of hydrogen-bond donors (Lipinski definition) is 1. The van der Waals surface area contributed by atoms with Crippen molar-refractivity contribution in [2.24, 2.45) is 0 Å². The highest BCUT2D eigenvalue weighted by atomic mass is 79.9. The molecule has 1 aromatic carbocycles. The Bertz CT molecular complexity index is 1580. The molecule has 15 heteroatoms. The van der Waals surface area contributed by atoms with Crippen molar-refractivity contribution in [3.8, 4) is 10.7 Å². The van der Waals surface area contributed by atoms with Gasteiger partial charge in [0.25, 0.3) is 0 Å². The highest BCUT2D eigenvalue weighted by Gasteiger charge is 2.78. The predicted octanol–water partition coefficient (Wildman–Crippen LogP) is 5.02. The Morgan fingerprint density at radius 1 is 1.23 bits per heavy atom. The summed E-state index contributed by atoms with van der Waals surface area (Å²) in [6.45, 7) is 3.66. The van der Waals surface area contributed by atoms with Crippen LogP contribution in [-0.4, -0.2) is 72.4 Å². The van der Waals surface area contributed by atoms with Crippen molar-refractivity contribution >= 4 is 57.5 Å².